The average Bonchev–Trinajstić information content (AvgIpc) is 2.76. The molecule has 1 fully saturated rings. The predicted octanol–water partition coefficient (Wildman–Crippen LogP) is 6.60. The van der Waals surface area contributed by atoms with Crippen LogP contribution in [0.25, 0.3) is 5.57 Å². The predicted molar refractivity (Wildman–Crippen MR) is 117 cm³/mol. The highest BCUT2D eigenvalue weighted by atomic mass is 28.3. The number of anilines is 1. The van der Waals surface area contributed by atoms with E-state index in [1.165, 1.54) is 47.1 Å². The van der Waals surface area contributed by atoms with Crippen molar-refractivity contribution in [2.75, 3.05) is 18.0 Å². The standard InChI is InChI=1S/C23H35NOSi/c1-16-17(2)21(23(4,18(16)3)26(5,6)7)19-12-11-13-20(25)22(19)24-14-9-8-10-15-24/h11-13,25H,8-10,14-15H2,1-7H3. The van der Waals surface area contributed by atoms with Crippen molar-refractivity contribution < 1.29 is 5.11 Å². The maximum atomic E-state index is 10.8. The molecule has 3 heteroatoms. The van der Waals surface area contributed by atoms with E-state index in [1.54, 1.807) is 0 Å². The third-order valence-corrected chi connectivity index (χ3v) is 10.8. The Kier molecular flexibility index (Phi) is 4.89. The quantitative estimate of drug-likeness (QED) is 0.606. The van der Waals surface area contributed by atoms with Gasteiger partial charge in [0.25, 0.3) is 0 Å². The lowest BCUT2D eigenvalue weighted by atomic mass is 9.88. The van der Waals surface area contributed by atoms with Gasteiger partial charge in [-0.25, -0.2) is 0 Å². The maximum Gasteiger partial charge on any atom is 0.139 e. The summed E-state index contributed by atoms with van der Waals surface area (Å²) in [6.45, 7) is 18.9. The molecule has 3 rings (SSSR count). The average molecular weight is 370 g/mol. The molecule has 1 aromatic rings. The lowest BCUT2D eigenvalue weighted by Crippen LogP contribution is -2.39. The molecule has 0 aromatic heterocycles. The van der Waals surface area contributed by atoms with Crippen molar-refractivity contribution in [2.45, 2.75) is 71.6 Å². The Balaban J connectivity index is 2.25. The summed E-state index contributed by atoms with van der Waals surface area (Å²) < 4.78 is 0. The second kappa shape index (κ2) is 6.60. The molecule has 2 nitrogen and oxygen atoms in total. The molecule has 1 aliphatic heterocycles. The second-order valence-electron chi connectivity index (χ2n) is 9.35. The molecule has 142 valence electrons. The van der Waals surface area contributed by atoms with Gasteiger partial charge in [-0.15, -0.1) is 0 Å². The molecule has 2 aliphatic rings. The van der Waals surface area contributed by atoms with Crippen LogP contribution < -0.4 is 4.90 Å². The minimum absolute atomic E-state index is 0.0967. The minimum Gasteiger partial charge on any atom is -0.506 e. The molecule has 0 spiro atoms. The van der Waals surface area contributed by atoms with Gasteiger partial charge in [-0.3, -0.25) is 0 Å². The van der Waals surface area contributed by atoms with Gasteiger partial charge in [0.15, 0.2) is 0 Å². The molecule has 1 N–H and O–H groups in total. The van der Waals surface area contributed by atoms with E-state index >= 15 is 0 Å². The SMILES string of the molecule is CC1=C(C)C(C)([Si](C)(C)C)C(c2cccc(O)c2N2CCCCC2)=C1C. The zero-order valence-electron chi connectivity index (χ0n) is 17.7. The number of phenolic OH excluding ortho intramolecular Hbond substituents is 1. The van der Waals surface area contributed by atoms with Crippen molar-refractivity contribution in [3.05, 3.63) is 40.5 Å². The van der Waals surface area contributed by atoms with Crippen LogP contribution in [0.3, 0.4) is 0 Å². The number of hydrogen-bond donors (Lipinski definition) is 1. The number of nitrogens with zero attached hydrogens (tertiary/aromatic N) is 1. The Hall–Kier alpha value is -1.48. The Morgan fingerprint density at radius 3 is 2.15 bits per heavy atom. The molecule has 0 saturated carbocycles. The van der Waals surface area contributed by atoms with Gasteiger partial charge in [-0.2, -0.15) is 0 Å². The maximum absolute atomic E-state index is 10.8. The van der Waals surface area contributed by atoms with Gasteiger partial charge in [-0.1, -0.05) is 44.3 Å². The molecular formula is C23H35NOSi. The molecular weight excluding hydrogens is 334 g/mol. The van der Waals surface area contributed by atoms with Gasteiger partial charge in [0.2, 0.25) is 0 Å². The van der Waals surface area contributed by atoms with Crippen LogP contribution in [0.1, 0.15) is 52.5 Å². The van der Waals surface area contributed by atoms with E-state index in [9.17, 15) is 5.11 Å². The Bertz CT molecular complexity index is 778. The van der Waals surface area contributed by atoms with E-state index in [-0.39, 0.29) is 5.04 Å². The first-order valence-corrected chi connectivity index (χ1v) is 13.6. The van der Waals surface area contributed by atoms with Crippen molar-refractivity contribution in [2.24, 2.45) is 0 Å². The summed E-state index contributed by atoms with van der Waals surface area (Å²) in [7, 11) is -1.55. The van der Waals surface area contributed by atoms with Gasteiger partial charge in [0.05, 0.1) is 13.8 Å². The summed E-state index contributed by atoms with van der Waals surface area (Å²) >= 11 is 0. The number of para-hydroxylation sites is 1. The summed E-state index contributed by atoms with van der Waals surface area (Å²) in [5.41, 5.74) is 8.16. The van der Waals surface area contributed by atoms with Crippen LogP contribution in [-0.4, -0.2) is 26.3 Å². The summed E-state index contributed by atoms with van der Waals surface area (Å²) in [5.74, 6) is 0.435. The minimum atomic E-state index is -1.55. The van der Waals surface area contributed by atoms with Crippen molar-refractivity contribution >= 4 is 19.3 Å². The fraction of sp³-hybridized carbons (Fsp3) is 0.565. The first-order chi connectivity index (χ1) is 12.1. The summed E-state index contributed by atoms with van der Waals surface area (Å²) in [5, 5.41) is 10.9. The van der Waals surface area contributed by atoms with Crippen LogP contribution >= 0.6 is 0 Å². The smallest absolute Gasteiger partial charge is 0.139 e. The topological polar surface area (TPSA) is 23.5 Å². The van der Waals surface area contributed by atoms with E-state index in [0.717, 1.165) is 18.8 Å². The normalized spacial score (nSPS) is 24.7. The third-order valence-electron chi connectivity index (χ3n) is 7.21. The zero-order chi connectivity index (χ0) is 19.3. The molecule has 1 aliphatic carbocycles. The van der Waals surface area contributed by atoms with Crippen molar-refractivity contribution in [3.63, 3.8) is 0 Å². The highest BCUT2D eigenvalue weighted by Crippen LogP contribution is 2.63. The lowest BCUT2D eigenvalue weighted by molar-refractivity contribution is 0.469. The largest absolute Gasteiger partial charge is 0.506 e. The lowest BCUT2D eigenvalue weighted by Gasteiger charge is -2.43. The molecule has 0 bridgehead atoms. The number of allylic oxidation sites excluding steroid dienone is 4. The van der Waals surface area contributed by atoms with Crippen molar-refractivity contribution in [3.8, 4) is 5.75 Å². The zero-order valence-corrected chi connectivity index (χ0v) is 18.7. The van der Waals surface area contributed by atoms with Crippen LogP contribution in [0.4, 0.5) is 5.69 Å². The molecule has 0 radical (unpaired) electrons. The monoisotopic (exact) mass is 369 g/mol. The molecule has 1 saturated heterocycles. The summed E-state index contributed by atoms with van der Waals surface area (Å²) in [6.07, 6.45) is 3.73. The van der Waals surface area contributed by atoms with Crippen LogP contribution in [0.15, 0.2) is 34.9 Å². The number of piperidine rings is 1. The summed E-state index contributed by atoms with van der Waals surface area (Å²) in [4.78, 5) is 2.42. The first-order valence-electron chi connectivity index (χ1n) is 10.1. The number of hydrogen-bond acceptors (Lipinski definition) is 2. The number of benzene rings is 1. The fourth-order valence-electron chi connectivity index (χ4n) is 5.00. The molecule has 1 unspecified atom stereocenters. The molecule has 26 heavy (non-hydrogen) atoms. The molecule has 0 amide bonds. The van der Waals surface area contributed by atoms with Crippen LogP contribution in [-0.2, 0) is 0 Å². The van der Waals surface area contributed by atoms with Crippen molar-refractivity contribution in [1.29, 1.82) is 0 Å². The van der Waals surface area contributed by atoms with E-state index in [1.807, 2.05) is 12.1 Å². The van der Waals surface area contributed by atoms with Crippen LogP contribution in [0.2, 0.25) is 24.7 Å². The first kappa shape index (κ1) is 19.3. The highest BCUT2D eigenvalue weighted by molar-refractivity contribution is 6.82. The van der Waals surface area contributed by atoms with E-state index in [2.05, 4.69) is 58.3 Å². The van der Waals surface area contributed by atoms with Crippen molar-refractivity contribution in [1.82, 2.24) is 0 Å². The number of phenols is 1. The summed E-state index contributed by atoms with van der Waals surface area (Å²) in [6, 6.07) is 6.12. The Labute approximate surface area is 160 Å². The van der Waals surface area contributed by atoms with Crippen LogP contribution in [0.5, 0.6) is 5.75 Å². The van der Waals surface area contributed by atoms with Gasteiger partial charge in [-0.05, 0) is 62.8 Å². The number of rotatable bonds is 3. The Morgan fingerprint density at radius 1 is 0.962 bits per heavy atom. The molecule has 1 atom stereocenters. The van der Waals surface area contributed by atoms with Gasteiger partial charge in [0.1, 0.15) is 5.75 Å². The molecule has 1 heterocycles. The fourth-order valence-corrected chi connectivity index (χ4v) is 7.38. The van der Waals surface area contributed by atoms with E-state index in [0.29, 0.717) is 5.75 Å². The Morgan fingerprint density at radius 2 is 1.58 bits per heavy atom. The van der Waals surface area contributed by atoms with Gasteiger partial charge < -0.3 is 10.0 Å². The number of aromatic hydroxyl groups is 1. The van der Waals surface area contributed by atoms with Gasteiger partial charge in [0, 0.05) is 23.7 Å². The van der Waals surface area contributed by atoms with Crippen LogP contribution in [0, 0.1) is 0 Å². The second-order valence-corrected chi connectivity index (χ2v) is 14.8. The van der Waals surface area contributed by atoms with E-state index in [4.69, 9.17) is 0 Å². The van der Waals surface area contributed by atoms with E-state index < -0.39 is 8.07 Å². The van der Waals surface area contributed by atoms with Gasteiger partial charge >= 0.3 is 0 Å². The highest BCUT2D eigenvalue weighted by Gasteiger charge is 2.49. The third kappa shape index (κ3) is 2.75. The molecule has 1 aromatic carbocycles.